The fourth-order valence-electron chi connectivity index (χ4n) is 1.30. The molecule has 66 valence electrons. The molecular formula is C10H9NO2. The Kier molecular flexibility index (Phi) is 2.34. The van der Waals surface area contributed by atoms with E-state index < -0.39 is 5.97 Å². The van der Waals surface area contributed by atoms with Gasteiger partial charge >= 0.3 is 5.97 Å². The number of aryl methyl sites for hydroxylation is 1. The second-order valence-corrected chi connectivity index (χ2v) is 2.85. The highest BCUT2D eigenvalue weighted by Crippen LogP contribution is 2.17. The van der Waals surface area contributed by atoms with E-state index in [2.05, 4.69) is 0 Å². The predicted molar refractivity (Wildman–Crippen MR) is 47.6 cm³/mol. The van der Waals surface area contributed by atoms with Gasteiger partial charge in [0.15, 0.2) is 0 Å². The molecule has 0 unspecified atom stereocenters. The molecule has 0 amide bonds. The Bertz CT molecular complexity index is 402. The maximum Gasteiger partial charge on any atom is 0.336 e. The van der Waals surface area contributed by atoms with Gasteiger partial charge in [0, 0.05) is 0 Å². The molecule has 3 nitrogen and oxygen atoms in total. The molecule has 0 atom stereocenters. The van der Waals surface area contributed by atoms with Gasteiger partial charge < -0.3 is 5.11 Å². The van der Waals surface area contributed by atoms with Gasteiger partial charge in [-0.2, -0.15) is 5.26 Å². The summed E-state index contributed by atoms with van der Waals surface area (Å²) in [7, 11) is 0. The summed E-state index contributed by atoms with van der Waals surface area (Å²) < 4.78 is 0. The number of nitrogens with zero attached hydrogens (tertiary/aromatic N) is 1. The van der Waals surface area contributed by atoms with Gasteiger partial charge in [0.05, 0.1) is 17.2 Å². The lowest BCUT2D eigenvalue weighted by molar-refractivity contribution is 0.0695. The number of aromatic carboxylic acids is 1. The van der Waals surface area contributed by atoms with E-state index in [0.717, 1.165) is 0 Å². The number of hydrogen-bond acceptors (Lipinski definition) is 2. The summed E-state index contributed by atoms with van der Waals surface area (Å²) >= 11 is 0. The van der Waals surface area contributed by atoms with E-state index in [9.17, 15) is 4.79 Å². The molecule has 0 saturated heterocycles. The summed E-state index contributed by atoms with van der Waals surface area (Å²) in [5, 5.41) is 17.5. The van der Waals surface area contributed by atoms with E-state index in [0.29, 0.717) is 16.7 Å². The first-order valence-electron chi connectivity index (χ1n) is 3.81. The Hall–Kier alpha value is -1.82. The molecule has 1 rings (SSSR count). The average molecular weight is 175 g/mol. The molecule has 0 heterocycles. The van der Waals surface area contributed by atoms with Crippen molar-refractivity contribution >= 4 is 5.97 Å². The molecule has 0 bridgehead atoms. The summed E-state index contributed by atoms with van der Waals surface area (Å²) in [4.78, 5) is 10.8. The lowest BCUT2D eigenvalue weighted by atomic mass is 9.98. The number of benzene rings is 1. The zero-order chi connectivity index (χ0) is 10.0. The van der Waals surface area contributed by atoms with Crippen molar-refractivity contribution in [2.75, 3.05) is 0 Å². The Morgan fingerprint density at radius 1 is 1.46 bits per heavy atom. The highest BCUT2D eigenvalue weighted by molar-refractivity contribution is 5.91. The SMILES string of the molecule is Cc1ccc(C#N)c(C)c1C(=O)O. The van der Waals surface area contributed by atoms with Crippen LogP contribution in [0.5, 0.6) is 0 Å². The van der Waals surface area contributed by atoms with Crippen LogP contribution in [0.3, 0.4) is 0 Å². The molecule has 0 aliphatic rings. The molecule has 0 aliphatic heterocycles. The number of carboxylic acid groups (broad SMARTS) is 1. The van der Waals surface area contributed by atoms with Crippen LogP contribution in [0.4, 0.5) is 0 Å². The number of hydrogen-bond donors (Lipinski definition) is 1. The second-order valence-electron chi connectivity index (χ2n) is 2.85. The topological polar surface area (TPSA) is 61.1 Å². The van der Waals surface area contributed by atoms with Crippen LogP contribution in [0.15, 0.2) is 12.1 Å². The first kappa shape index (κ1) is 9.27. The standard InChI is InChI=1S/C10H9NO2/c1-6-3-4-8(5-11)7(2)9(6)10(12)13/h3-4H,1-2H3,(H,12,13). The van der Waals surface area contributed by atoms with Crippen LogP contribution < -0.4 is 0 Å². The van der Waals surface area contributed by atoms with Gasteiger partial charge in [-0.05, 0) is 31.0 Å². The maximum atomic E-state index is 10.8. The predicted octanol–water partition coefficient (Wildman–Crippen LogP) is 1.87. The van der Waals surface area contributed by atoms with Crippen molar-refractivity contribution in [3.63, 3.8) is 0 Å². The number of carbonyl (C=O) groups is 1. The number of nitriles is 1. The van der Waals surface area contributed by atoms with Gasteiger partial charge in [0.25, 0.3) is 0 Å². The van der Waals surface area contributed by atoms with E-state index in [1.54, 1.807) is 26.0 Å². The molecule has 0 aromatic heterocycles. The Balaban J connectivity index is 3.50. The summed E-state index contributed by atoms with van der Waals surface area (Å²) in [6.07, 6.45) is 0. The third kappa shape index (κ3) is 1.52. The second kappa shape index (κ2) is 3.28. The molecule has 1 aromatic rings. The molecule has 0 radical (unpaired) electrons. The van der Waals surface area contributed by atoms with Gasteiger partial charge in [0.2, 0.25) is 0 Å². The summed E-state index contributed by atoms with van der Waals surface area (Å²) in [5.74, 6) is -0.980. The average Bonchev–Trinajstić information content (AvgIpc) is 2.04. The fraction of sp³-hybridized carbons (Fsp3) is 0.200. The van der Waals surface area contributed by atoms with Gasteiger partial charge in [0.1, 0.15) is 0 Å². The van der Waals surface area contributed by atoms with Crippen molar-refractivity contribution in [3.8, 4) is 6.07 Å². The van der Waals surface area contributed by atoms with Crippen LogP contribution in [0.2, 0.25) is 0 Å². The molecular weight excluding hydrogens is 166 g/mol. The van der Waals surface area contributed by atoms with Gasteiger partial charge in [-0.3, -0.25) is 0 Å². The smallest absolute Gasteiger partial charge is 0.336 e. The number of carboxylic acids is 1. The molecule has 0 saturated carbocycles. The zero-order valence-corrected chi connectivity index (χ0v) is 7.46. The van der Waals surface area contributed by atoms with E-state index in [1.807, 2.05) is 6.07 Å². The highest BCUT2D eigenvalue weighted by Gasteiger charge is 2.12. The zero-order valence-electron chi connectivity index (χ0n) is 7.46. The van der Waals surface area contributed by atoms with Crippen molar-refractivity contribution in [1.29, 1.82) is 5.26 Å². The molecule has 0 aliphatic carbocycles. The Morgan fingerprint density at radius 3 is 2.54 bits per heavy atom. The largest absolute Gasteiger partial charge is 0.478 e. The lowest BCUT2D eigenvalue weighted by Crippen LogP contribution is -2.04. The third-order valence-corrected chi connectivity index (χ3v) is 2.01. The van der Waals surface area contributed by atoms with Crippen LogP contribution in [0.25, 0.3) is 0 Å². The van der Waals surface area contributed by atoms with Gasteiger partial charge in [-0.25, -0.2) is 4.79 Å². The van der Waals surface area contributed by atoms with E-state index in [1.165, 1.54) is 0 Å². The maximum absolute atomic E-state index is 10.8. The molecule has 3 heteroatoms. The summed E-state index contributed by atoms with van der Waals surface area (Å²) in [6, 6.07) is 5.24. The van der Waals surface area contributed by atoms with Crippen molar-refractivity contribution in [1.82, 2.24) is 0 Å². The third-order valence-electron chi connectivity index (χ3n) is 2.01. The lowest BCUT2D eigenvalue weighted by Gasteiger charge is -2.05. The first-order valence-corrected chi connectivity index (χ1v) is 3.81. The minimum absolute atomic E-state index is 0.235. The molecule has 1 N–H and O–H groups in total. The van der Waals surface area contributed by atoms with Gasteiger partial charge in [-0.15, -0.1) is 0 Å². The number of rotatable bonds is 1. The van der Waals surface area contributed by atoms with Crippen molar-refractivity contribution in [2.45, 2.75) is 13.8 Å². The van der Waals surface area contributed by atoms with Gasteiger partial charge in [-0.1, -0.05) is 6.07 Å². The van der Waals surface area contributed by atoms with Crippen LogP contribution in [-0.2, 0) is 0 Å². The normalized spacial score (nSPS) is 9.31. The first-order chi connectivity index (χ1) is 6.07. The van der Waals surface area contributed by atoms with Crippen LogP contribution >= 0.6 is 0 Å². The van der Waals surface area contributed by atoms with Crippen molar-refractivity contribution < 1.29 is 9.90 Å². The van der Waals surface area contributed by atoms with E-state index in [4.69, 9.17) is 10.4 Å². The molecule has 1 aromatic carbocycles. The molecule has 13 heavy (non-hydrogen) atoms. The highest BCUT2D eigenvalue weighted by atomic mass is 16.4. The molecule has 0 spiro atoms. The van der Waals surface area contributed by atoms with E-state index >= 15 is 0 Å². The van der Waals surface area contributed by atoms with E-state index in [-0.39, 0.29) is 5.56 Å². The minimum Gasteiger partial charge on any atom is -0.478 e. The Morgan fingerprint density at radius 2 is 2.08 bits per heavy atom. The van der Waals surface area contributed by atoms with Crippen molar-refractivity contribution in [2.24, 2.45) is 0 Å². The van der Waals surface area contributed by atoms with Crippen LogP contribution in [0, 0.1) is 25.2 Å². The van der Waals surface area contributed by atoms with Crippen LogP contribution in [-0.4, -0.2) is 11.1 Å². The van der Waals surface area contributed by atoms with Crippen molar-refractivity contribution in [3.05, 3.63) is 34.4 Å². The molecule has 0 fully saturated rings. The Labute approximate surface area is 76.2 Å². The summed E-state index contributed by atoms with van der Waals surface area (Å²) in [5.41, 5.74) is 1.88. The quantitative estimate of drug-likeness (QED) is 0.708. The minimum atomic E-state index is -0.980. The fourth-order valence-corrected chi connectivity index (χ4v) is 1.30. The monoisotopic (exact) mass is 175 g/mol. The van der Waals surface area contributed by atoms with Crippen LogP contribution in [0.1, 0.15) is 27.0 Å². The summed E-state index contributed by atoms with van der Waals surface area (Å²) in [6.45, 7) is 3.37.